The van der Waals surface area contributed by atoms with Crippen LogP contribution >= 0.6 is 23.4 Å². The minimum atomic E-state index is 0.591. The summed E-state index contributed by atoms with van der Waals surface area (Å²) in [6, 6.07) is 5.79. The Bertz CT molecular complexity index is 291. The summed E-state index contributed by atoms with van der Waals surface area (Å²) in [7, 11) is 0. The number of aromatic nitrogens is 1. The lowest BCUT2D eigenvalue weighted by Crippen LogP contribution is -1.85. The SMILES string of the molecule is CCCCCCCCSc1cccc(Cl)n1. The van der Waals surface area contributed by atoms with Gasteiger partial charge in [-0.25, -0.2) is 4.98 Å². The monoisotopic (exact) mass is 257 g/mol. The summed E-state index contributed by atoms with van der Waals surface area (Å²) in [6.45, 7) is 2.25. The molecule has 1 aromatic rings. The predicted octanol–water partition coefficient (Wildman–Crippen LogP) is 5.19. The van der Waals surface area contributed by atoms with E-state index in [9.17, 15) is 0 Å². The Hall–Kier alpha value is -0.210. The van der Waals surface area contributed by atoms with Crippen LogP contribution in [0.5, 0.6) is 0 Å². The van der Waals surface area contributed by atoms with Crippen molar-refractivity contribution >= 4 is 23.4 Å². The quantitative estimate of drug-likeness (QED) is 0.361. The highest BCUT2D eigenvalue weighted by Gasteiger charge is 1.96. The van der Waals surface area contributed by atoms with E-state index in [1.54, 1.807) is 11.8 Å². The van der Waals surface area contributed by atoms with E-state index >= 15 is 0 Å². The number of unbranched alkanes of at least 4 members (excludes halogenated alkanes) is 5. The topological polar surface area (TPSA) is 12.9 Å². The van der Waals surface area contributed by atoms with Crippen molar-refractivity contribution in [1.29, 1.82) is 0 Å². The van der Waals surface area contributed by atoms with Crippen LogP contribution in [-0.4, -0.2) is 10.7 Å². The minimum Gasteiger partial charge on any atom is -0.230 e. The lowest BCUT2D eigenvalue weighted by molar-refractivity contribution is 0.627. The molecule has 1 nitrogen and oxygen atoms in total. The summed E-state index contributed by atoms with van der Waals surface area (Å²) in [5, 5.41) is 1.63. The van der Waals surface area contributed by atoms with Gasteiger partial charge in [-0.3, -0.25) is 0 Å². The van der Waals surface area contributed by atoms with Crippen LogP contribution in [0, 0.1) is 0 Å². The highest BCUT2D eigenvalue weighted by molar-refractivity contribution is 7.99. The van der Waals surface area contributed by atoms with E-state index in [4.69, 9.17) is 11.6 Å². The number of hydrogen-bond acceptors (Lipinski definition) is 2. The fourth-order valence-electron chi connectivity index (χ4n) is 1.53. The molecule has 0 bridgehead atoms. The third-order valence-electron chi connectivity index (χ3n) is 2.44. The molecule has 16 heavy (non-hydrogen) atoms. The van der Waals surface area contributed by atoms with Crippen LogP contribution in [0.4, 0.5) is 0 Å². The van der Waals surface area contributed by atoms with Gasteiger partial charge < -0.3 is 0 Å². The standard InChI is InChI=1S/C13H20ClNS/c1-2-3-4-5-6-7-11-16-13-10-8-9-12(14)15-13/h8-10H,2-7,11H2,1H3. The molecule has 0 atom stereocenters. The fourth-order valence-corrected chi connectivity index (χ4v) is 2.64. The Kier molecular flexibility index (Phi) is 7.69. The van der Waals surface area contributed by atoms with Crippen LogP contribution in [-0.2, 0) is 0 Å². The van der Waals surface area contributed by atoms with Crippen molar-refractivity contribution in [3.8, 4) is 0 Å². The van der Waals surface area contributed by atoms with Gasteiger partial charge in [0.25, 0.3) is 0 Å². The number of thioether (sulfide) groups is 1. The first kappa shape index (κ1) is 13.9. The summed E-state index contributed by atoms with van der Waals surface area (Å²) in [5.74, 6) is 1.15. The summed E-state index contributed by atoms with van der Waals surface area (Å²) >= 11 is 7.62. The van der Waals surface area contributed by atoms with E-state index in [-0.39, 0.29) is 0 Å². The largest absolute Gasteiger partial charge is 0.230 e. The van der Waals surface area contributed by atoms with Crippen molar-refractivity contribution in [2.24, 2.45) is 0 Å². The zero-order chi connectivity index (χ0) is 11.6. The molecule has 1 rings (SSSR count). The molecule has 3 heteroatoms. The van der Waals surface area contributed by atoms with Crippen molar-refractivity contribution in [2.45, 2.75) is 50.5 Å². The minimum absolute atomic E-state index is 0.591. The van der Waals surface area contributed by atoms with Crippen LogP contribution in [0.1, 0.15) is 45.4 Å². The first-order valence-corrected chi connectivity index (χ1v) is 7.44. The van der Waals surface area contributed by atoms with Gasteiger partial charge in [-0.2, -0.15) is 0 Å². The Balaban J connectivity index is 2.03. The number of rotatable bonds is 8. The number of hydrogen-bond donors (Lipinski definition) is 0. The second-order valence-electron chi connectivity index (χ2n) is 3.91. The van der Waals surface area contributed by atoms with Gasteiger partial charge in [0.1, 0.15) is 5.15 Å². The molecule has 0 aromatic carbocycles. The van der Waals surface area contributed by atoms with Crippen LogP contribution in [0.25, 0.3) is 0 Å². The normalized spacial score (nSPS) is 10.6. The lowest BCUT2D eigenvalue weighted by Gasteiger charge is -2.01. The van der Waals surface area contributed by atoms with Crippen LogP contribution < -0.4 is 0 Å². The molecule has 0 saturated heterocycles. The second-order valence-corrected chi connectivity index (χ2v) is 5.42. The zero-order valence-electron chi connectivity index (χ0n) is 9.92. The molecule has 0 unspecified atom stereocenters. The van der Waals surface area contributed by atoms with Crippen molar-refractivity contribution in [3.63, 3.8) is 0 Å². The molecular weight excluding hydrogens is 238 g/mol. The maximum absolute atomic E-state index is 5.82. The molecule has 0 amide bonds. The molecule has 90 valence electrons. The summed E-state index contributed by atoms with van der Waals surface area (Å²) < 4.78 is 0. The number of nitrogens with zero attached hydrogens (tertiary/aromatic N) is 1. The van der Waals surface area contributed by atoms with Gasteiger partial charge in [-0.05, 0) is 24.3 Å². The van der Waals surface area contributed by atoms with Gasteiger partial charge in [0.05, 0.1) is 5.03 Å². The Labute approximate surface area is 108 Å². The Morgan fingerprint density at radius 2 is 1.88 bits per heavy atom. The maximum atomic E-state index is 5.82. The smallest absolute Gasteiger partial charge is 0.130 e. The predicted molar refractivity (Wildman–Crippen MR) is 73.3 cm³/mol. The molecule has 0 fully saturated rings. The molecule has 1 heterocycles. The van der Waals surface area contributed by atoms with Crippen molar-refractivity contribution in [3.05, 3.63) is 23.4 Å². The van der Waals surface area contributed by atoms with E-state index < -0.39 is 0 Å². The second kappa shape index (κ2) is 8.89. The molecule has 0 radical (unpaired) electrons. The van der Waals surface area contributed by atoms with E-state index in [1.165, 1.54) is 38.5 Å². The number of halogens is 1. The van der Waals surface area contributed by atoms with Crippen LogP contribution in [0.2, 0.25) is 5.15 Å². The van der Waals surface area contributed by atoms with Crippen molar-refractivity contribution in [2.75, 3.05) is 5.75 Å². The van der Waals surface area contributed by atoms with Crippen LogP contribution in [0.15, 0.2) is 23.2 Å². The Morgan fingerprint density at radius 3 is 2.62 bits per heavy atom. The maximum Gasteiger partial charge on any atom is 0.130 e. The fraction of sp³-hybridized carbons (Fsp3) is 0.615. The molecule has 1 aromatic heterocycles. The van der Waals surface area contributed by atoms with Crippen molar-refractivity contribution < 1.29 is 0 Å². The highest BCUT2D eigenvalue weighted by Crippen LogP contribution is 2.19. The summed E-state index contributed by atoms with van der Waals surface area (Å²) in [6.07, 6.45) is 8.08. The van der Waals surface area contributed by atoms with Gasteiger partial charge >= 0.3 is 0 Å². The average molecular weight is 258 g/mol. The molecule has 0 saturated carbocycles. The first-order valence-electron chi connectivity index (χ1n) is 6.08. The van der Waals surface area contributed by atoms with E-state index in [0.717, 1.165) is 10.8 Å². The molecule has 0 spiro atoms. The van der Waals surface area contributed by atoms with E-state index in [2.05, 4.69) is 11.9 Å². The van der Waals surface area contributed by atoms with Gasteiger partial charge in [0.15, 0.2) is 0 Å². The van der Waals surface area contributed by atoms with Gasteiger partial charge in [-0.1, -0.05) is 56.7 Å². The number of pyridine rings is 1. The van der Waals surface area contributed by atoms with Gasteiger partial charge in [-0.15, -0.1) is 11.8 Å². The molecule has 0 aliphatic carbocycles. The van der Waals surface area contributed by atoms with Crippen LogP contribution in [0.3, 0.4) is 0 Å². The summed E-state index contributed by atoms with van der Waals surface area (Å²) in [5.41, 5.74) is 0. The van der Waals surface area contributed by atoms with Crippen molar-refractivity contribution in [1.82, 2.24) is 4.98 Å². The summed E-state index contributed by atoms with van der Waals surface area (Å²) in [4.78, 5) is 4.25. The van der Waals surface area contributed by atoms with E-state index in [0.29, 0.717) is 5.15 Å². The van der Waals surface area contributed by atoms with Gasteiger partial charge in [0, 0.05) is 0 Å². The third-order valence-corrected chi connectivity index (χ3v) is 3.66. The highest BCUT2D eigenvalue weighted by atomic mass is 35.5. The first-order chi connectivity index (χ1) is 7.83. The lowest BCUT2D eigenvalue weighted by atomic mass is 10.1. The molecular formula is C13H20ClNS. The van der Waals surface area contributed by atoms with E-state index in [1.807, 2.05) is 18.2 Å². The molecule has 0 aliphatic rings. The molecule has 0 N–H and O–H groups in total. The Morgan fingerprint density at radius 1 is 1.12 bits per heavy atom. The van der Waals surface area contributed by atoms with Gasteiger partial charge in [0.2, 0.25) is 0 Å². The zero-order valence-corrected chi connectivity index (χ0v) is 11.5. The third kappa shape index (κ3) is 6.39. The molecule has 0 aliphatic heterocycles. The average Bonchev–Trinajstić information content (AvgIpc) is 2.28.